The Labute approximate surface area is 242 Å². The van der Waals surface area contributed by atoms with Crippen LogP contribution in [0.3, 0.4) is 0 Å². The van der Waals surface area contributed by atoms with Gasteiger partial charge in [-0.2, -0.15) is 0 Å². The third kappa shape index (κ3) is 11.5. The summed E-state index contributed by atoms with van der Waals surface area (Å²) in [4.78, 5) is 13.5. The summed E-state index contributed by atoms with van der Waals surface area (Å²) in [5.74, 6) is 2.45. The number of carbonyl (C=O) groups is 1. The molecule has 0 aliphatic heterocycles. The monoisotopic (exact) mass is 544 g/mol. The van der Waals surface area contributed by atoms with E-state index in [1.165, 1.54) is 0 Å². The topological polar surface area (TPSA) is 54.0 Å². The van der Waals surface area contributed by atoms with E-state index in [9.17, 15) is 4.79 Å². The molecule has 0 saturated carbocycles. The summed E-state index contributed by atoms with van der Waals surface area (Å²) in [5, 5.41) is 1.12. The fourth-order valence-corrected chi connectivity index (χ4v) is 5.16. The van der Waals surface area contributed by atoms with E-state index in [-0.39, 0.29) is 33.0 Å². The summed E-state index contributed by atoms with van der Waals surface area (Å²) in [5.41, 5.74) is 0.264. The van der Waals surface area contributed by atoms with Crippen LogP contribution in [-0.2, 0) is 0 Å². The number of carbonyl (C=O) groups excluding carboxylic acids is 1. The number of unbranched alkanes of at least 4 members (excludes halogenated alkanes) is 6. The molecule has 1 atom stereocenters. The Balaban J connectivity index is 0.00000684. The Morgan fingerprint density at radius 1 is 0.784 bits per heavy atom. The van der Waals surface area contributed by atoms with E-state index in [4.69, 9.17) is 30.5 Å². The van der Waals surface area contributed by atoms with Crippen LogP contribution in [0.4, 0.5) is 0 Å². The number of halogens is 1. The van der Waals surface area contributed by atoms with Gasteiger partial charge >= 0.3 is 18.9 Å². The van der Waals surface area contributed by atoms with Gasteiger partial charge in [0.2, 0.25) is 0 Å². The molecule has 0 fully saturated rings. The van der Waals surface area contributed by atoms with Crippen molar-refractivity contribution in [1.29, 1.82) is 0 Å². The van der Waals surface area contributed by atoms with E-state index in [2.05, 4.69) is 20.8 Å². The number of hydrogen-bond donors (Lipinski definition) is 0. The van der Waals surface area contributed by atoms with Gasteiger partial charge in [0.15, 0.2) is 5.52 Å². The van der Waals surface area contributed by atoms with E-state index < -0.39 is 0 Å². The Morgan fingerprint density at radius 2 is 1.30 bits per heavy atom. The van der Waals surface area contributed by atoms with Crippen molar-refractivity contribution in [2.75, 3.05) is 26.9 Å². The number of hydrogen-bond acceptors (Lipinski definition) is 5. The van der Waals surface area contributed by atoms with E-state index in [1.807, 2.05) is 12.1 Å². The van der Waals surface area contributed by atoms with Crippen LogP contribution in [0, 0.1) is 0 Å². The SMILES string of the molecule is CCCCCOc1cc(OCCCCC)c(PC(=O)c2c(Cl)cccc2OC)c(OCCCCC)c1.[LiH]. The molecule has 2 rings (SSSR count). The molecule has 2 aromatic rings. The van der Waals surface area contributed by atoms with Crippen molar-refractivity contribution >= 4 is 49.9 Å². The zero-order valence-electron chi connectivity index (χ0n) is 22.3. The van der Waals surface area contributed by atoms with Gasteiger partial charge in [0.1, 0.15) is 23.0 Å². The third-order valence-electron chi connectivity index (χ3n) is 5.73. The van der Waals surface area contributed by atoms with E-state index in [0.29, 0.717) is 53.4 Å². The second-order valence-electron chi connectivity index (χ2n) is 8.73. The number of methoxy groups -OCH3 is 1. The summed E-state index contributed by atoms with van der Waals surface area (Å²) in [6.45, 7) is 8.28. The molecule has 0 amide bonds. The van der Waals surface area contributed by atoms with E-state index >= 15 is 0 Å². The van der Waals surface area contributed by atoms with Gasteiger partial charge < -0.3 is 18.9 Å². The molecule has 0 spiro atoms. The molecule has 0 heterocycles. The first-order valence-electron chi connectivity index (χ1n) is 13.3. The molecule has 0 aromatic heterocycles. The van der Waals surface area contributed by atoms with E-state index in [1.54, 1.807) is 25.3 Å². The standard InChI is InChI=1S/C29H42ClO5P.Li.H/c1-5-8-11-17-33-22-20-25(34-18-12-9-6-2)28(26(21-22)35-19-13-10-7-3)36-29(31)27-23(30)15-14-16-24(27)32-4;;/h14-16,20-21,36H,5-13,17-19H2,1-4H3;;. The molecule has 0 aliphatic rings. The van der Waals surface area contributed by atoms with Crippen molar-refractivity contribution in [3.63, 3.8) is 0 Å². The minimum absolute atomic E-state index is 0. The zero-order chi connectivity index (χ0) is 26.2. The predicted octanol–water partition coefficient (Wildman–Crippen LogP) is 7.55. The number of benzene rings is 2. The van der Waals surface area contributed by atoms with Crippen molar-refractivity contribution in [2.24, 2.45) is 0 Å². The molecule has 0 bridgehead atoms. The van der Waals surface area contributed by atoms with Crippen molar-refractivity contribution in [2.45, 2.75) is 78.6 Å². The molecule has 2 aromatic carbocycles. The maximum absolute atomic E-state index is 13.5. The van der Waals surface area contributed by atoms with Gasteiger partial charge in [-0.05, 0) is 40.0 Å². The minimum atomic E-state index is -0.237. The van der Waals surface area contributed by atoms with Crippen LogP contribution in [0.1, 0.15) is 88.9 Å². The summed E-state index contributed by atoms with van der Waals surface area (Å²) in [7, 11) is 1.31. The van der Waals surface area contributed by atoms with Gasteiger partial charge in [-0.1, -0.05) is 77.0 Å². The van der Waals surface area contributed by atoms with Crippen molar-refractivity contribution in [3.05, 3.63) is 40.9 Å². The first kappa shape index (κ1) is 33.7. The predicted molar refractivity (Wildman–Crippen MR) is 159 cm³/mol. The van der Waals surface area contributed by atoms with Gasteiger partial charge in [0.25, 0.3) is 0 Å². The number of ether oxygens (including phenoxy) is 4. The van der Waals surface area contributed by atoms with Gasteiger partial charge in [-0.25, -0.2) is 0 Å². The zero-order valence-corrected chi connectivity index (χ0v) is 24.0. The second kappa shape index (κ2) is 19.7. The van der Waals surface area contributed by atoms with Crippen molar-refractivity contribution in [3.8, 4) is 23.0 Å². The second-order valence-corrected chi connectivity index (χ2v) is 10.3. The van der Waals surface area contributed by atoms with E-state index in [0.717, 1.165) is 63.1 Å². The van der Waals surface area contributed by atoms with Gasteiger partial charge in [0.05, 0.1) is 42.8 Å². The molecule has 0 N–H and O–H groups in total. The maximum atomic E-state index is 13.5. The van der Waals surface area contributed by atoms with Crippen molar-refractivity contribution < 1.29 is 23.7 Å². The first-order chi connectivity index (χ1) is 17.5. The molecular weight excluding hydrogens is 502 g/mol. The van der Waals surface area contributed by atoms with Crippen LogP contribution < -0.4 is 24.3 Å². The van der Waals surface area contributed by atoms with Crippen LogP contribution >= 0.6 is 20.2 Å². The number of rotatable bonds is 19. The molecule has 0 saturated heterocycles. The Morgan fingerprint density at radius 3 is 1.78 bits per heavy atom. The fraction of sp³-hybridized carbons (Fsp3) is 0.552. The summed E-state index contributed by atoms with van der Waals surface area (Å²) in [6.07, 6.45) is 9.51. The molecule has 0 radical (unpaired) electrons. The summed E-state index contributed by atoms with van der Waals surface area (Å²) in [6, 6.07) is 9.03. The Hall–Kier alpha value is -1.37. The van der Waals surface area contributed by atoms with Crippen LogP contribution in [-0.4, -0.2) is 51.3 Å². The summed E-state index contributed by atoms with van der Waals surface area (Å²) < 4.78 is 23.9. The normalized spacial score (nSPS) is 10.8. The average Bonchev–Trinajstić information content (AvgIpc) is 2.88. The van der Waals surface area contributed by atoms with Gasteiger partial charge in [-0.3, -0.25) is 4.79 Å². The van der Waals surface area contributed by atoms with Crippen LogP contribution in [0.15, 0.2) is 30.3 Å². The Kier molecular flexibility index (Phi) is 17.9. The molecule has 1 unspecified atom stereocenters. The molecule has 5 nitrogen and oxygen atoms in total. The molecule has 0 aliphatic carbocycles. The Bertz CT molecular complexity index is 908. The van der Waals surface area contributed by atoms with Crippen LogP contribution in [0.2, 0.25) is 5.02 Å². The molecular formula is C29H43ClLiO5P. The van der Waals surface area contributed by atoms with Gasteiger partial charge in [-0.15, -0.1) is 0 Å². The van der Waals surface area contributed by atoms with Crippen LogP contribution in [0.5, 0.6) is 23.0 Å². The third-order valence-corrected chi connectivity index (χ3v) is 7.26. The van der Waals surface area contributed by atoms with Gasteiger partial charge in [0, 0.05) is 12.1 Å². The molecule has 37 heavy (non-hydrogen) atoms. The quantitative estimate of drug-likeness (QED) is 0.104. The first-order valence-corrected chi connectivity index (χ1v) is 14.6. The van der Waals surface area contributed by atoms with Crippen molar-refractivity contribution in [1.82, 2.24) is 0 Å². The van der Waals surface area contributed by atoms with Crippen LogP contribution in [0.25, 0.3) is 0 Å². The molecule has 8 heteroatoms. The fourth-order valence-electron chi connectivity index (χ4n) is 3.68. The molecule has 202 valence electrons. The average molecular weight is 545 g/mol. The summed E-state index contributed by atoms with van der Waals surface area (Å²) >= 11 is 6.41.